The summed E-state index contributed by atoms with van der Waals surface area (Å²) in [5, 5.41) is 12.9. The van der Waals surface area contributed by atoms with Crippen LogP contribution in [0.4, 0.5) is 17.1 Å². The topological polar surface area (TPSA) is 3.24 Å². The molecule has 9 aromatic carbocycles. The molecule has 11 aromatic rings. The molecule has 3 heteroatoms. The average Bonchev–Trinajstić information content (AvgIpc) is 3.76. The zero-order chi connectivity index (χ0) is 33.5. The lowest BCUT2D eigenvalue weighted by atomic mass is 9.91. The second-order valence-electron chi connectivity index (χ2n) is 13.3. The number of thiophene rings is 2. The van der Waals surface area contributed by atoms with Crippen LogP contribution >= 0.6 is 22.7 Å². The Morgan fingerprint density at radius 3 is 1.63 bits per heavy atom. The summed E-state index contributed by atoms with van der Waals surface area (Å²) in [7, 11) is 0. The number of fused-ring (bicyclic) bond motifs is 11. The molecule has 11 rings (SSSR count). The first kappa shape index (κ1) is 28.8. The molecule has 0 spiro atoms. The Morgan fingerprint density at radius 2 is 0.824 bits per heavy atom. The summed E-state index contributed by atoms with van der Waals surface area (Å²) in [6.07, 6.45) is 0. The molecular formula is C48H29NS2. The smallest absolute Gasteiger partial charge is 0.0476 e. The van der Waals surface area contributed by atoms with Gasteiger partial charge in [0.25, 0.3) is 0 Å². The summed E-state index contributed by atoms with van der Waals surface area (Å²) in [5.74, 6) is 0. The van der Waals surface area contributed by atoms with Crippen LogP contribution in [0.1, 0.15) is 0 Å². The van der Waals surface area contributed by atoms with Crippen LogP contribution in [0.15, 0.2) is 176 Å². The summed E-state index contributed by atoms with van der Waals surface area (Å²) in [6.45, 7) is 0. The highest BCUT2D eigenvalue weighted by Crippen LogP contribution is 2.44. The first-order valence-electron chi connectivity index (χ1n) is 17.3. The summed E-state index contributed by atoms with van der Waals surface area (Å²) < 4.78 is 5.25. The van der Waals surface area contributed by atoms with Crippen LogP contribution in [0.3, 0.4) is 0 Å². The largest absolute Gasteiger partial charge is 0.310 e. The van der Waals surface area contributed by atoms with Gasteiger partial charge >= 0.3 is 0 Å². The van der Waals surface area contributed by atoms with Gasteiger partial charge in [-0.3, -0.25) is 0 Å². The van der Waals surface area contributed by atoms with E-state index in [-0.39, 0.29) is 0 Å². The van der Waals surface area contributed by atoms with Crippen molar-refractivity contribution in [2.75, 3.05) is 4.90 Å². The highest BCUT2D eigenvalue weighted by Gasteiger charge is 2.18. The summed E-state index contributed by atoms with van der Waals surface area (Å²) in [6, 6.07) is 65.1. The molecule has 0 unspecified atom stereocenters. The van der Waals surface area contributed by atoms with Crippen LogP contribution in [0.2, 0.25) is 0 Å². The molecule has 238 valence electrons. The van der Waals surface area contributed by atoms with Crippen LogP contribution in [0.5, 0.6) is 0 Å². The number of anilines is 3. The van der Waals surface area contributed by atoms with Crippen LogP contribution in [-0.4, -0.2) is 0 Å². The van der Waals surface area contributed by atoms with E-state index in [2.05, 4.69) is 181 Å². The summed E-state index contributed by atoms with van der Waals surface area (Å²) in [4.78, 5) is 2.42. The molecule has 1 nitrogen and oxygen atoms in total. The molecule has 2 heterocycles. The minimum Gasteiger partial charge on any atom is -0.310 e. The standard InChI is InChI=1S/C48H29NS2/c1-2-10-35-30(9-1)19-24-38-36-11-3-4-12-37(36)42(29-43(35)38)31-17-20-32(21-18-31)49(33-23-26-47-44(27-33)40-14-6-8-16-46(40)50-47)34-22-25-41-39-13-5-7-15-45(39)51-48(41)28-34/h1-29H. The first-order chi connectivity index (χ1) is 25.3. The number of hydrogen-bond donors (Lipinski definition) is 0. The van der Waals surface area contributed by atoms with Crippen LogP contribution in [0, 0.1) is 0 Å². The van der Waals surface area contributed by atoms with Gasteiger partial charge in [0.15, 0.2) is 0 Å². The van der Waals surface area contributed by atoms with Gasteiger partial charge in [0.05, 0.1) is 0 Å². The van der Waals surface area contributed by atoms with Gasteiger partial charge in [-0.1, -0.05) is 115 Å². The van der Waals surface area contributed by atoms with Gasteiger partial charge in [0.2, 0.25) is 0 Å². The SMILES string of the molecule is c1ccc2c(c1)ccc1c3ccccc3c(-c3ccc(N(c4ccc5c(c4)sc4ccccc45)c4ccc5sc6ccccc6c5c4)cc3)cc21. The highest BCUT2D eigenvalue weighted by atomic mass is 32.1. The fraction of sp³-hybridized carbons (Fsp3) is 0. The van der Waals surface area contributed by atoms with E-state index in [0.717, 1.165) is 17.1 Å². The maximum absolute atomic E-state index is 2.42. The molecule has 0 fully saturated rings. The van der Waals surface area contributed by atoms with Gasteiger partial charge in [-0.2, -0.15) is 0 Å². The summed E-state index contributed by atoms with van der Waals surface area (Å²) in [5.41, 5.74) is 5.91. The number of hydrogen-bond acceptors (Lipinski definition) is 3. The quantitative estimate of drug-likeness (QED) is 0.167. The Labute approximate surface area is 302 Å². The Kier molecular flexibility index (Phi) is 6.36. The lowest BCUT2D eigenvalue weighted by Gasteiger charge is -2.26. The molecule has 0 aliphatic carbocycles. The lowest BCUT2D eigenvalue weighted by molar-refractivity contribution is 1.30. The molecule has 0 aliphatic rings. The third-order valence-electron chi connectivity index (χ3n) is 10.4. The maximum atomic E-state index is 2.42. The van der Waals surface area contributed by atoms with Gasteiger partial charge in [-0.15, -0.1) is 22.7 Å². The maximum Gasteiger partial charge on any atom is 0.0476 e. The van der Waals surface area contributed by atoms with Crippen molar-refractivity contribution in [2.24, 2.45) is 0 Å². The van der Waals surface area contributed by atoms with Crippen molar-refractivity contribution in [3.63, 3.8) is 0 Å². The van der Waals surface area contributed by atoms with E-state index in [1.54, 1.807) is 0 Å². The predicted molar refractivity (Wildman–Crippen MR) is 225 cm³/mol. The van der Waals surface area contributed by atoms with Crippen molar-refractivity contribution < 1.29 is 0 Å². The van der Waals surface area contributed by atoms with Crippen molar-refractivity contribution in [1.82, 2.24) is 0 Å². The molecule has 0 saturated heterocycles. The average molecular weight is 684 g/mol. The van der Waals surface area contributed by atoms with Crippen molar-refractivity contribution in [2.45, 2.75) is 0 Å². The highest BCUT2D eigenvalue weighted by molar-refractivity contribution is 7.26. The van der Waals surface area contributed by atoms with Crippen molar-refractivity contribution in [3.05, 3.63) is 176 Å². The normalized spacial score (nSPS) is 11.9. The molecule has 0 atom stereocenters. The number of benzene rings is 9. The van der Waals surface area contributed by atoms with Crippen molar-refractivity contribution >= 4 is 112 Å². The third-order valence-corrected chi connectivity index (χ3v) is 12.7. The second kappa shape index (κ2) is 11.3. The lowest BCUT2D eigenvalue weighted by Crippen LogP contribution is -2.09. The third kappa shape index (κ3) is 4.52. The zero-order valence-corrected chi connectivity index (χ0v) is 29.1. The van der Waals surface area contributed by atoms with Crippen LogP contribution in [0.25, 0.3) is 83.8 Å². The van der Waals surface area contributed by atoms with E-state index < -0.39 is 0 Å². The van der Waals surface area contributed by atoms with Crippen molar-refractivity contribution in [3.8, 4) is 11.1 Å². The molecule has 0 aliphatic heterocycles. The fourth-order valence-corrected chi connectivity index (χ4v) is 10.3. The number of rotatable bonds is 4. The molecule has 0 amide bonds. The van der Waals surface area contributed by atoms with Gasteiger partial charge in [0.1, 0.15) is 0 Å². The minimum absolute atomic E-state index is 1.13. The molecule has 0 radical (unpaired) electrons. The Morgan fingerprint density at radius 1 is 0.294 bits per heavy atom. The molecule has 0 N–H and O–H groups in total. The molecule has 0 bridgehead atoms. The van der Waals surface area contributed by atoms with E-state index in [1.807, 2.05) is 22.7 Å². The van der Waals surface area contributed by atoms with E-state index in [0.29, 0.717) is 0 Å². The minimum atomic E-state index is 1.13. The van der Waals surface area contributed by atoms with Crippen LogP contribution < -0.4 is 4.90 Å². The molecule has 51 heavy (non-hydrogen) atoms. The van der Waals surface area contributed by atoms with Crippen molar-refractivity contribution in [1.29, 1.82) is 0 Å². The Hall–Kier alpha value is -6.00. The zero-order valence-electron chi connectivity index (χ0n) is 27.5. The van der Waals surface area contributed by atoms with E-state index in [4.69, 9.17) is 0 Å². The van der Waals surface area contributed by atoms with E-state index >= 15 is 0 Å². The fourth-order valence-electron chi connectivity index (χ4n) is 8.04. The summed E-state index contributed by atoms with van der Waals surface area (Å²) >= 11 is 3.73. The van der Waals surface area contributed by atoms with Gasteiger partial charge < -0.3 is 4.90 Å². The molecular weight excluding hydrogens is 655 g/mol. The Balaban J connectivity index is 1.10. The van der Waals surface area contributed by atoms with E-state index in [1.165, 1.54) is 83.8 Å². The number of nitrogens with zero attached hydrogens (tertiary/aromatic N) is 1. The van der Waals surface area contributed by atoms with Crippen LogP contribution in [-0.2, 0) is 0 Å². The van der Waals surface area contributed by atoms with Gasteiger partial charge in [0, 0.05) is 57.4 Å². The van der Waals surface area contributed by atoms with Gasteiger partial charge in [-0.25, -0.2) is 0 Å². The molecule has 0 saturated carbocycles. The second-order valence-corrected chi connectivity index (χ2v) is 15.5. The Bertz CT molecular complexity index is 3150. The van der Waals surface area contributed by atoms with E-state index in [9.17, 15) is 0 Å². The monoisotopic (exact) mass is 683 g/mol. The van der Waals surface area contributed by atoms with Gasteiger partial charge in [-0.05, 0) is 104 Å². The molecule has 2 aromatic heterocycles. The predicted octanol–water partition coefficient (Wildman–Crippen LogP) is 15.0. The first-order valence-corrected chi connectivity index (χ1v) is 19.0.